The second-order valence-corrected chi connectivity index (χ2v) is 14.3. The van der Waals surface area contributed by atoms with Gasteiger partial charge in [0.2, 0.25) is 0 Å². The first-order chi connectivity index (χ1) is 15.2. The summed E-state index contributed by atoms with van der Waals surface area (Å²) in [4.78, 5) is 18.3. The molecule has 0 spiro atoms. The van der Waals surface area contributed by atoms with Gasteiger partial charge in [-0.3, -0.25) is 0 Å². The number of fused-ring (bicyclic) bond motifs is 1. The normalized spacial score (nSPS) is 11.2. The predicted octanol–water partition coefficient (Wildman–Crippen LogP) is 3.77. The lowest BCUT2D eigenvalue weighted by molar-refractivity contribution is -0.139. The number of aromatic nitrogens is 2. The first-order valence-electron chi connectivity index (χ1n) is 10.4. The largest absolute Gasteiger partial charge is 0.479 e. The van der Waals surface area contributed by atoms with Crippen molar-refractivity contribution in [3.05, 3.63) is 58.7 Å². The van der Waals surface area contributed by atoms with Gasteiger partial charge in [-0.05, 0) is 35.9 Å². The maximum absolute atomic E-state index is 10.8. The maximum Gasteiger partial charge on any atom is 0.341 e. The summed E-state index contributed by atoms with van der Waals surface area (Å²) >= 11 is 0. The zero-order chi connectivity index (χ0) is 23.1. The Morgan fingerprint density at radius 1 is 1.12 bits per heavy atom. The molecule has 7 nitrogen and oxygen atoms in total. The first kappa shape index (κ1) is 23.5. The van der Waals surface area contributed by atoms with E-state index in [4.69, 9.17) is 14.6 Å². The fourth-order valence-electron chi connectivity index (χ4n) is 2.96. The highest BCUT2D eigenvalue weighted by Crippen LogP contribution is 2.24. The molecule has 0 aliphatic heterocycles. The van der Waals surface area contributed by atoms with E-state index < -0.39 is 20.7 Å². The summed E-state index contributed by atoms with van der Waals surface area (Å²) < 4.78 is 11.2. The Hall–Kier alpha value is -3.12. The lowest BCUT2D eigenvalue weighted by atomic mass is 10.1. The van der Waals surface area contributed by atoms with Gasteiger partial charge in [0, 0.05) is 31.4 Å². The van der Waals surface area contributed by atoms with Crippen molar-refractivity contribution in [1.29, 1.82) is 0 Å². The summed E-state index contributed by atoms with van der Waals surface area (Å²) in [6.45, 7) is 7.43. The molecule has 0 saturated carbocycles. The van der Waals surface area contributed by atoms with E-state index in [9.17, 15) is 9.90 Å². The quantitative estimate of drug-likeness (QED) is 0.259. The van der Waals surface area contributed by atoms with Crippen LogP contribution >= 0.6 is 0 Å². The molecule has 0 unspecified atom stereocenters. The van der Waals surface area contributed by atoms with Crippen LogP contribution in [0.3, 0.4) is 0 Å². The van der Waals surface area contributed by atoms with Crippen molar-refractivity contribution in [2.75, 3.05) is 13.2 Å². The number of ether oxygens (including phenoxy) is 2. The summed E-state index contributed by atoms with van der Waals surface area (Å²) in [5, 5.41) is 18.0. The molecule has 0 aliphatic rings. The number of aliphatic hydroxyl groups excluding tert-OH is 1. The molecular formula is C24H28N2O5Si. The SMILES string of the molecule is C[Si](C)(C)CCOCc1c(C#Cc2ccc(CO)cc2)ccc2[nH]c(OCC(=O)O)nc12. The number of aliphatic carboxylic acids is 1. The van der Waals surface area contributed by atoms with E-state index in [1.165, 1.54) is 0 Å². The molecule has 0 fully saturated rings. The molecule has 2 aromatic carbocycles. The van der Waals surface area contributed by atoms with Gasteiger partial charge in [-0.15, -0.1) is 0 Å². The van der Waals surface area contributed by atoms with Crippen LogP contribution in [0.25, 0.3) is 11.0 Å². The number of carboxylic acids is 1. The zero-order valence-electron chi connectivity index (χ0n) is 18.6. The standard InChI is InChI=1S/C24H28N2O5Si/c1-32(2,3)13-12-30-15-20-19(9-8-17-4-6-18(14-27)7-5-17)10-11-21-23(20)26-24(25-21)31-16-22(28)29/h4-7,10-11,27H,12-16H2,1-3H3,(H,25,26)(H,28,29). The number of hydrogen-bond donors (Lipinski definition) is 3. The number of carboxylic acid groups (broad SMARTS) is 1. The zero-order valence-corrected chi connectivity index (χ0v) is 19.6. The highest BCUT2D eigenvalue weighted by atomic mass is 28.3. The summed E-state index contributed by atoms with van der Waals surface area (Å²) in [5.41, 5.74) is 4.67. The van der Waals surface area contributed by atoms with Gasteiger partial charge >= 0.3 is 5.97 Å². The van der Waals surface area contributed by atoms with Crippen molar-refractivity contribution in [3.63, 3.8) is 0 Å². The molecule has 32 heavy (non-hydrogen) atoms. The molecule has 0 atom stereocenters. The number of benzene rings is 2. The molecule has 8 heteroatoms. The van der Waals surface area contributed by atoms with E-state index >= 15 is 0 Å². The third kappa shape index (κ3) is 6.69. The fraction of sp³-hybridized carbons (Fsp3) is 0.333. The lowest BCUT2D eigenvalue weighted by Crippen LogP contribution is -2.21. The lowest BCUT2D eigenvalue weighted by Gasteiger charge is -2.15. The molecule has 3 N–H and O–H groups in total. The summed E-state index contributed by atoms with van der Waals surface area (Å²) in [6, 6.07) is 12.4. The second kappa shape index (κ2) is 10.5. The molecule has 3 rings (SSSR count). The van der Waals surface area contributed by atoms with Gasteiger partial charge in [-0.2, -0.15) is 4.98 Å². The molecule has 1 heterocycles. The molecule has 0 bridgehead atoms. The highest BCUT2D eigenvalue weighted by Gasteiger charge is 2.15. The Balaban J connectivity index is 1.90. The van der Waals surface area contributed by atoms with Crippen molar-refractivity contribution in [2.45, 2.75) is 38.9 Å². The number of hydrogen-bond acceptors (Lipinski definition) is 5. The maximum atomic E-state index is 10.8. The Kier molecular flexibility index (Phi) is 7.69. The molecule has 0 saturated heterocycles. The third-order valence-corrected chi connectivity index (χ3v) is 6.50. The van der Waals surface area contributed by atoms with Gasteiger partial charge in [0.1, 0.15) is 0 Å². The first-order valence-corrected chi connectivity index (χ1v) is 14.1. The molecule has 0 radical (unpaired) electrons. The number of carbonyl (C=O) groups is 1. The Bertz CT molecular complexity index is 1140. The van der Waals surface area contributed by atoms with E-state index in [-0.39, 0.29) is 12.6 Å². The third-order valence-electron chi connectivity index (χ3n) is 4.79. The van der Waals surface area contributed by atoms with Crippen molar-refractivity contribution < 1.29 is 24.5 Å². The van der Waals surface area contributed by atoms with Gasteiger partial charge in [-0.1, -0.05) is 43.6 Å². The number of aromatic amines is 1. The molecule has 1 aromatic heterocycles. The van der Waals surface area contributed by atoms with Gasteiger partial charge in [0.15, 0.2) is 6.61 Å². The van der Waals surface area contributed by atoms with Crippen molar-refractivity contribution >= 4 is 25.1 Å². The Labute approximate surface area is 188 Å². The van der Waals surface area contributed by atoms with Crippen molar-refractivity contribution in [1.82, 2.24) is 9.97 Å². The number of H-pyrrole nitrogens is 1. The van der Waals surface area contributed by atoms with Crippen LogP contribution in [-0.4, -0.2) is 47.4 Å². The van der Waals surface area contributed by atoms with E-state index in [0.717, 1.165) is 33.8 Å². The minimum absolute atomic E-state index is 0.00523. The molecule has 0 aliphatic carbocycles. The van der Waals surface area contributed by atoms with Crippen LogP contribution in [0.15, 0.2) is 36.4 Å². The molecule has 168 valence electrons. The van der Waals surface area contributed by atoms with Crippen LogP contribution in [0.4, 0.5) is 0 Å². The molecule has 3 aromatic rings. The second-order valence-electron chi connectivity index (χ2n) is 8.68. The average molecular weight is 453 g/mol. The Morgan fingerprint density at radius 2 is 1.88 bits per heavy atom. The van der Waals surface area contributed by atoms with Gasteiger partial charge in [0.05, 0.1) is 24.2 Å². The van der Waals surface area contributed by atoms with E-state index in [1.807, 2.05) is 36.4 Å². The van der Waals surface area contributed by atoms with Crippen LogP contribution in [0.5, 0.6) is 6.01 Å². The topological polar surface area (TPSA) is 105 Å². The summed E-state index contributed by atoms with van der Waals surface area (Å²) in [5.74, 6) is 5.28. The number of nitrogens with one attached hydrogen (secondary N) is 1. The van der Waals surface area contributed by atoms with Crippen LogP contribution < -0.4 is 4.74 Å². The average Bonchev–Trinajstić information content (AvgIpc) is 3.17. The van der Waals surface area contributed by atoms with Crippen LogP contribution in [0.1, 0.15) is 22.3 Å². The number of nitrogens with zero attached hydrogens (tertiary/aromatic N) is 1. The summed E-state index contributed by atoms with van der Waals surface area (Å²) in [7, 11) is -1.22. The highest BCUT2D eigenvalue weighted by molar-refractivity contribution is 6.76. The van der Waals surface area contributed by atoms with E-state index in [2.05, 4.69) is 41.4 Å². The van der Waals surface area contributed by atoms with Crippen LogP contribution in [-0.2, 0) is 22.7 Å². The molecular weight excluding hydrogens is 424 g/mol. The van der Waals surface area contributed by atoms with Crippen LogP contribution in [0, 0.1) is 11.8 Å². The smallest absolute Gasteiger partial charge is 0.341 e. The number of imidazole rings is 1. The number of rotatable bonds is 9. The minimum atomic E-state index is -1.22. The Morgan fingerprint density at radius 3 is 2.53 bits per heavy atom. The van der Waals surface area contributed by atoms with Gasteiger partial charge in [0.25, 0.3) is 6.01 Å². The van der Waals surface area contributed by atoms with Crippen LogP contribution in [0.2, 0.25) is 25.7 Å². The monoisotopic (exact) mass is 452 g/mol. The van der Waals surface area contributed by atoms with E-state index in [1.54, 1.807) is 0 Å². The van der Waals surface area contributed by atoms with E-state index in [0.29, 0.717) is 18.7 Å². The predicted molar refractivity (Wildman–Crippen MR) is 125 cm³/mol. The fourth-order valence-corrected chi connectivity index (χ4v) is 3.71. The molecule has 0 amide bonds. The van der Waals surface area contributed by atoms with Crippen molar-refractivity contribution in [3.8, 4) is 17.9 Å². The van der Waals surface area contributed by atoms with Gasteiger partial charge < -0.3 is 24.7 Å². The summed E-state index contributed by atoms with van der Waals surface area (Å²) in [6.07, 6.45) is 0. The van der Waals surface area contributed by atoms with Crippen molar-refractivity contribution in [2.24, 2.45) is 0 Å². The van der Waals surface area contributed by atoms with Gasteiger partial charge in [-0.25, -0.2) is 4.79 Å². The minimum Gasteiger partial charge on any atom is -0.479 e. The number of aliphatic hydroxyl groups is 1.